The Bertz CT molecular complexity index is 1510. The number of halogens is 1. The first kappa shape index (κ1) is 20.4. The van der Waals surface area contributed by atoms with E-state index in [0.29, 0.717) is 22.3 Å². The first-order chi connectivity index (χ1) is 16.1. The Hall–Kier alpha value is -4.52. The van der Waals surface area contributed by atoms with Gasteiger partial charge in [0.1, 0.15) is 11.6 Å². The van der Waals surface area contributed by atoms with E-state index in [4.69, 9.17) is 0 Å². The number of aromatic nitrogens is 3. The van der Waals surface area contributed by atoms with E-state index in [1.165, 1.54) is 12.1 Å². The van der Waals surface area contributed by atoms with Gasteiger partial charge in [0.05, 0.1) is 23.0 Å². The van der Waals surface area contributed by atoms with Crippen LogP contribution in [0.1, 0.15) is 5.56 Å². The van der Waals surface area contributed by atoms with Gasteiger partial charge in [-0.1, -0.05) is 42.5 Å². The Morgan fingerprint density at radius 3 is 2.55 bits per heavy atom. The molecule has 3 aromatic heterocycles. The monoisotopic (exact) mass is 438 g/mol. The molecule has 0 aliphatic carbocycles. The van der Waals surface area contributed by atoms with Crippen molar-refractivity contribution in [3.05, 3.63) is 107 Å². The summed E-state index contributed by atoms with van der Waals surface area (Å²) in [6.45, 7) is 0. The van der Waals surface area contributed by atoms with Gasteiger partial charge < -0.3 is 15.3 Å². The average molecular weight is 438 g/mol. The predicted molar refractivity (Wildman–Crippen MR) is 126 cm³/mol. The van der Waals surface area contributed by atoms with Gasteiger partial charge in [-0.15, -0.1) is 0 Å². The molecule has 0 aliphatic rings. The van der Waals surface area contributed by atoms with Crippen LogP contribution in [0.2, 0.25) is 0 Å². The third kappa shape index (κ3) is 4.16. The van der Waals surface area contributed by atoms with Gasteiger partial charge >= 0.3 is 0 Å². The fourth-order valence-electron chi connectivity index (χ4n) is 3.89. The zero-order chi connectivity index (χ0) is 22.8. The van der Waals surface area contributed by atoms with E-state index in [9.17, 15) is 14.0 Å². The van der Waals surface area contributed by atoms with Crippen molar-refractivity contribution in [2.75, 3.05) is 5.32 Å². The predicted octanol–water partition coefficient (Wildman–Crippen LogP) is 4.91. The lowest BCUT2D eigenvalue weighted by molar-refractivity contribution is -0.115. The summed E-state index contributed by atoms with van der Waals surface area (Å²) >= 11 is 0. The summed E-state index contributed by atoms with van der Waals surface area (Å²) in [6, 6.07) is 20.9. The topological polar surface area (TPSA) is 90.6 Å². The summed E-state index contributed by atoms with van der Waals surface area (Å²) in [4.78, 5) is 35.5. The van der Waals surface area contributed by atoms with Crippen LogP contribution in [0.5, 0.6) is 0 Å². The zero-order valence-electron chi connectivity index (χ0n) is 17.4. The minimum atomic E-state index is -0.347. The molecule has 162 valence electrons. The number of hydrogen-bond donors (Lipinski definition) is 3. The van der Waals surface area contributed by atoms with Crippen LogP contribution in [0.15, 0.2) is 90.0 Å². The fourth-order valence-corrected chi connectivity index (χ4v) is 3.89. The number of carbonyl (C=O) groups excluding carboxylic acids is 1. The average Bonchev–Trinajstić information content (AvgIpc) is 3.22. The van der Waals surface area contributed by atoms with Crippen LogP contribution in [-0.4, -0.2) is 20.9 Å². The molecule has 33 heavy (non-hydrogen) atoms. The molecule has 0 saturated carbocycles. The van der Waals surface area contributed by atoms with E-state index in [1.807, 2.05) is 42.5 Å². The number of aromatic amines is 2. The summed E-state index contributed by atoms with van der Waals surface area (Å²) in [6.07, 6.45) is 3.31. The van der Waals surface area contributed by atoms with E-state index in [-0.39, 0.29) is 23.7 Å². The van der Waals surface area contributed by atoms with Crippen LogP contribution in [0.3, 0.4) is 0 Å². The first-order valence-electron chi connectivity index (χ1n) is 10.4. The molecule has 2 aromatic carbocycles. The molecule has 0 radical (unpaired) electrons. The van der Waals surface area contributed by atoms with Crippen molar-refractivity contribution in [3.8, 4) is 22.4 Å². The Morgan fingerprint density at radius 2 is 1.76 bits per heavy atom. The van der Waals surface area contributed by atoms with Crippen molar-refractivity contribution in [2.45, 2.75) is 6.42 Å². The molecular formula is C26H19FN4O2. The number of nitrogens with zero attached hydrogens (tertiary/aromatic N) is 1. The third-order valence-electron chi connectivity index (χ3n) is 5.38. The number of rotatable bonds is 5. The Labute approximate surface area is 188 Å². The van der Waals surface area contributed by atoms with Crippen LogP contribution in [0, 0.1) is 5.82 Å². The van der Waals surface area contributed by atoms with Gasteiger partial charge in [-0.25, -0.2) is 9.37 Å². The molecule has 6 nitrogen and oxygen atoms in total. The van der Waals surface area contributed by atoms with Crippen LogP contribution < -0.4 is 10.9 Å². The van der Waals surface area contributed by atoms with Gasteiger partial charge in [-0.2, -0.15) is 0 Å². The largest absolute Gasteiger partial charge is 0.354 e. The fraction of sp³-hybridized carbons (Fsp3) is 0.0385. The SMILES string of the molecule is O=C(Cc1ccc(F)cc1)Nc1cc(-c2[nH]c3cc[nH]c(=O)c3c2-c2ccccc2)ccn1. The Morgan fingerprint density at radius 1 is 0.970 bits per heavy atom. The maximum Gasteiger partial charge on any atom is 0.258 e. The number of anilines is 1. The van der Waals surface area contributed by atoms with E-state index in [1.54, 1.807) is 30.6 Å². The molecular weight excluding hydrogens is 419 g/mol. The van der Waals surface area contributed by atoms with E-state index >= 15 is 0 Å². The van der Waals surface area contributed by atoms with Crippen LogP contribution in [-0.2, 0) is 11.2 Å². The van der Waals surface area contributed by atoms with Crippen molar-refractivity contribution in [1.29, 1.82) is 0 Å². The maximum absolute atomic E-state index is 13.1. The molecule has 1 amide bonds. The number of H-pyrrole nitrogens is 2. The quantitative estimate of drug-likeness (QED) is 0.364. The van der Waals surface area contributed by atoms with Gasteiger partial charge in [-0.3, -0.25) is 9.59 Å². The van der Waals surface area contributed by atoms with Gasteiger partial charge in [-0.05, 0) is 41.5 Å². The lowest BCUT2D eigenvalue weighted by Gasteiger charge is -2.08. The highest BCUT2D eigenvalue weighted by molar-refractivity contribution is 6.03. The number of nitrogens with one attached hydrogen (secondary N) is 3. The second-order valence-electron chi connectivity index (χ2n) is 7.62. The minimum Gasteiger partial charge on any atom is -0.354 e. The van der Waals surface area contributed by atoms with Crippen molar-refractivity contribution < 1.29 is 9.18 Å². The molecule has 0 saturated heterocycles. The van der Waals surface area contributed by atoms with E-state index in [0.717, 1.165) is 22.4 Å². The Balaban J connectivity index is 1.52. The standard InChI is InChI=1S/C26H19FN4O2/c27-19-8-6-16(7-9-19)14-22(32)31-21-15-18(10-12-28-21)25-23(17-4-2-1-3-5-17)24-20(30-25)11-13-29-26(24)33/h1-13,15,30H,14H2,(H,29,33)(H,28,31,32). The van der Waals surface area contributed by atoms with Crippen molar-refractivity contribution >= 4 is 22.6 Å². The molecule has 0 bridgehead atoms. The second kappa shape index (κ2) is 8.55. The number of carbonyl (C=O) groups is 1. The lowest BCUT2D eigenvalue weighted by atomic mass is 9.99. The van der Waals surface area contributed by atoms with E-state index in [2.05, 4.69) is 20.3 Å². The van der Waals surface area contributed by atoms with Gasteiger partial charge in [0.25, 0.3) is 5.56 Å². The summed E-state index contributed by atoms with van der Waals surface area (Å²) in [5, 5.41) is 3.36. The number of pyridine rings is 2. The van der Waals surface area contributed by atoms with Crippen LogP contribution in [0.25, 0.3) is 33.3 Å². The van der Waals surface area contributed by atoms with E-state index < -0.39 is 0 Å². The van der Waals surface area contributed by atoms with Crippen molar-refractivity contribution in [3.63, 3.8) is 0 Å². The van der Waals surface area contributed by atoms with Gasteiger partial charge in [0.2, 0.25) is 5.91 Å². The summed E-state index contributed by atoms with van der Waals surface area (Å²) in [5.41, 5.74) is 4.44. The highest BCUT2D eigenvalue weighted by Crippen LogP contribution is 2.37. The molecule has 3 heterocycles. The number of hydrogen-bond acceptors (Lipinski definition) is 3. The third-order valence-corrected chi connectivity index (χ3v) is 5.38. The molecule has 0 spiro atoms. The molecule has 5 rings (SSSR count). The smallest absolute Gasteiger partial charge is 0.258 e. The minimum absolute atomic E-state index is 0.100. The van der Waals surface area contributed by atoms with Gasteiger partial charge in [0, 0.05) is 23.5 Å². The summed E-state index contributed by atoms with van der Waals surface area (Å²) in [5.74, 6) is -0.228. The maximum atomic E-state index is 13.1. The first-order valence-corrected chi connectivity index (χ1v) is 10.4. The second-order valence-corrected chi connectivity index (χ2v) is 7.62. The number of benzene rings is 2. The molecule has 7 heteroatoms. The molecule has 0 unspecified atom stereocenters. The number of amides is 1. The molecule has 0 atom stereocenters. The molecule has 3 N–H and O–H groups in total. The van der Waals surface area contributed by atoms with Crippen LogP contribution in [0.4, 0.5) is 10.2 Å². The highest BCUT2D eigenvalue weighted by atomic mass is 19.1. The highest BCUT2D eigenvalue weighted by Gasteiger charge is 2.18. The normalized spacial score (nSPS) is 10.9. The zero-order valence-corrected chi connectivity index (χ0v) is 17.4. The summed E-state index contributed by atoms with van der Waals surface area (Å²) in [7, 11) is 0. The lowest BCUT2D eigenvalue weighted by Crippen LogP contribution is -2.15. The van der Waals surface area contributed by atoms with Crippen LogP contribution >= 0.6 is 0 Å². The molecule has 0 aliphatic heterocycles. The van der Waals surface area contributed by atoms with Crippen molar-refractivity contribution in [1.82, 2.24) is 15.0 Å². The number of fused-ring (bicyclic) bond motifs is 1. The van der Waals surface area contributed by atoms with Gasteiger partial charge in [0.15, 0.2) is 0 Å². The van der Waals surface area contributed by atoms with Crippen molar-refractivity contribution in [2.24, 2.45) is 0 Å². The summed E-state index contributed by atoms with van der Waals surface area (Å²) < 4.78 is 13.1. The molecule has 0 fully saturated rings. The molecule has 5 aromatic rings. The Kier molecular flexibility index (Phi) is 5.28.